The number of aryl methyl sites for hydroxylation is 1. The molecule has 2 heteroatoms. The Hall–Kier alpha value is -2.19. The highest BCUT2D eigenvalue weighted by Crippen LogP contribution is 2.28. The SMILES string of the molecule is CCc1ccccc1C(N)c1cccc2ccncc12. The Morgan fingerprint density at radius 2 is 1.80 bits per heavy atom. The lowest BCUT2D eigenvalue weighted by atomic mass is 9.91. The molecule has 1 aromatic heterocycles. The van der Waals surface area contributed by atoms with Gasteiger partial charge in [-0.25, -0.2) is 0 Å². The lowest BCUT2D eigenvalue weighted by Crippen LogP contribution is -2.14. The summed E-state index contributed by atoms with van der Waals surface area (Å²) in [6.45, 7) is 2.16. The maximum Gasteiger partial charge on any atom is 0.0561 e. The van der Waals surface area contributed by atoms with Crippen LogP contribution in [0.2, 0.25) is 0 Å². The van der Waals surface area contributed by atoms with Crippen molar-refractivity contribution in [3.63, 3.8) is 0 Å². The van der Waals surface area contributed by atoms with Gasteiger partial charge in [0.2, 0.25) is 0 Å². The predicted octanol–water partition coefficient (Wildman–Crippen LogP) is 3.85. The molecule has 0 saturated carbocycles. The Balaban J connectivity index is 2.15. The van der Waals surface area contributed by atoms with E-state index in [1.165, 1.54) is 16.5 Å². The first-order chi connectivity index (χ1) is 9.81. The van der Waals surface area contributed by atoms with Crippen molar-refractivity contribution < 1.29 is 0 Å². The average molecular weight is 262 g/mol. The molecule has 1 unspecified atom stereocenters. The molecule has 2 nitrogen and oxygen atoms in total. The van der Waals surface area contributed by atoms with Crippen LogP contribution in [0.15, 0.2) is 60.9 Å². The van der Waals surface area contributed by atoms with Crippen molar-refractivity contribution >= 4 is 10.8 Å². The quantitative estimate of drug-likeness (QED) is 0.778. The zero-order chi connectivity index (χ0) is 13.9. The molecular formula is C18H18N2. The minimum atomic E-state index is -0.112. The topological polar surface area (TPSA) is 38.9 Å². The lowest BCUT2D eigenvalue weighted by Gasteiger charge is -2.18. The number of aromatic nitrogens is 1. The molecule has 0 aliphatic carbocycles. The number of benzene rings is 2. The molecule has 0 aliphatic heterocycles. The van der Waals surface area contributed by atoms with Crippen LogP contribution in [0.25, 0.3) is 10.8 Å². The smallest absolute Gasteiger partial charge is 0.0561 e. The second-order valence-electron chi connectivity index (χ2n) is 4.97. The number of nitrogens with two attached hydrogens (primary N) is 1. The Morgan fingerprint density at radius 1 is 1.00 bits per heavy atom. The van der Waals surface area contributed by atoms with Crippen LogP contribution in [-0.4, -0.2) is 4.98 Å². The van der Waals surface area contributed by atoms with Crippen LogP contribution >= 0.6 is 0 Å². The normalized spacial score (nSPS) is 12.5. The molecule has 100 valence electrons. The molecular weight excluding hydrogens is 244 g/mol. The molecule has 1 atom stereocenters. The number of hydrogen-bond donors (Lipinski definition) is 1. The maximum absolute atomic E-state index is 6.53. The Labute approximate surface area is 119 Å². The molecule has 3 aromatic rings. The summed E-state index contributed by atoms with van der Waals surface area (Å²) in [5.74, 6) is 0. The van der Waals surface area contributed by atoms with E-state index in [4.69, 9.17) is 5.73 Å². The van der Waals surface area contributed by atoms with Crippen LogP contribution < -0.4 is 5.73 Å². The maximum atomic E-state index is 6.53. The summed E-state index contributed by atoms with van der Waals surface area (Å²) in [7, 11) is 0. The molecule has 20 heavy (non-hydrogen) atoms. The first-order valence-corrected chi connectivity index (χ1v) is 6.97. The summed E-state index contributed by atoms with van der Waals surface area (Å²) in [6, 6.07) is 16.6. The molecule has 0 fully saturated rings. The van der Waals surface area contributed by atoms with Crippen molar-refractivity contribution in [2.45, 2.75) is 19.4 Å². The Kier molecular flexibility index (Phi) is 3.48. The van der Waals surface area contributed by atoms with Gasteiger partial charge in [-0.2, -0.15) is 0 Å². The average Bonchev–Trinajstić information content (AvgIpc) is 2.53. The van der Waals surface area contributed by atoms with E-state index in [-0.39, 0.29) is 6.04 Å². The summed E-state index contributed by atoms with van der Waals surface area (Å²) < 4.78 is 0. The zero-order valence-corrected chi connectivity index (χ0v) is 11.6. The van der Waals surface area contributed by atoms with E-state index in [9.17, 15) is 0 Å². The number of rotatable bonds is 3. The Bertz CT molecular complexity index is 729. The highest BCUT2D eigenvalue weighted by Gasteiger charge is 2.14. The summed E-state index contributed by atoms with van der Waals surface area (Å²) in [5, 5.41) is 2.32. The first kappa shape index (κ1) is 12.8. The van der Waals surface area contributed by atoms with Crippen molar-refractivity contribution in [3.8, 4) is 0 Å². The minimum Gasteiger partial charge on any atom is -0.320 e. The van der Waals surface area contributed by atoms with Gasteiger partial charge in [-0.3, -0.25) is 4.98 Å². The van der Waals surface area contributed by atoms with Crippen molar-refractivity contribution in [3.05, 3.63) is 77.6 Å². The fourth-order valence-electron chi connectivity index (χ4n) is 2.74. The molecule has 2 aromatic carbocycles. The van der Waals surface area contributed by atoms with Gasteiger partial charge in [-0.05, 0) is 34.6 Å². The highest BCUT2D eigenvalue weighted by atomic mass is 14.7. The molecule has 2 N–H and O–H groups in total. The van der Waals surface area contributed by atoms with E-state index in [1.807, 2.05) is 18.5 Å². The molecule has 0 spiro atoms. The van der Waals surface area contributed by atoms with Gasteiger partial charge in [0, 0.05) is 17.8 Å². The van der Waals surface area contributed by atoms with Crippen LogP contribution in [0, 0.1) is 0 Å². The molecule has 0 radical (unpaired) electrons. The third-order valence-electron chi connectivity index (χ3n) is 3.82. The van der Waals surface area contributed by atoms with Crippen LogP contribution in [0.4, 0.5) is 0 Å². The molecule has 0 aliphatic rings. The first-order valence-electron chi connectivity index (χ1n) is 6.97. The third kappa shape index (κ3) is 2.19. The van der Waals surface area contributed by atoms with E-state index in [2.05, 4.69) is 54.4 Å². The second-order valence-corrected chi connectivity index (χ2v) is 4.97. The van der Waals surface area contributed by atoms with E-state index in [0.717, 1.165) is 17.4 Å². The monoisotopic (exact) mass is 262 g/mol. The molecule has 0 saturated heterocycles. The number of pyridine rings is 1. The van der Waals surface area contributed by atoms with Crippen molar-refractivity contribution in [1.29, 1.82) is 0 Å². The van der Waals surface area contributed by atoms with Crippen LogP contribution in [0.5, 0.6) is 0 Å². The molecule has 0 bridgehead atoms. The van der Waals surface area contributed by atoms with Crippen molar-refractivity contribution in [2.24, 2.45) is 5.73 Å². The second kappa shape index (κ2) is 5.43. The fraction of sp³-hybridized carbons (Fsp3) is 0.167. The van der Waals surface area contributed by atoms with E-state index < -0.39 is 0 Å². The van der Waals surface area contributed by atoms with Crippen LogP contribution in [0.1, 0.15) is 29.7 Å². The molecule has 0 amide bonds. The van der Waals surface area contributed by atoms with Gasteiger partial charge in [0.15, 0.2) is 0 Å². The van der Waals surface area contributed by atoms with Crippen molar-refractivity contribution in [1.82, 2.24) is 4.98 Å². The van der Waals surface area contributed by atoms with Gasteiger partial charge in [-0.15, -0.1) is 0 Å². The standard InChI is InChI=1S/C18H18N2/c1-2-13-6-3-4-8-15(13)18(19)16-9-5-7-14-10-11-20-12-17(14)16/h3-12,18H,2,19H2,1H3. The summed E-state index contributed by atoms with van der Waals surface area (Å²) in [5.41, 5.74) is 10.2. The van der Waals surface area contributed by atoms with Gasteiger partial charge in [0.25, 0.3) is 0 Å². The largest absolute Gasteiger partial charge is 0.320 e. The fourth-order valence-corrected chi connectivity index (χ4v) is 2.74. The zero-order valence-electron chi connectivity index (χ0n) is 11.6. The van der Waals surface area contributed by atoms with Crippen LogP contribution in [-0.2, 0) is 6.42 Å². The van der Waals surface area contributed by atoms with Gasteiger partial charge >= 0.3 is 0 Å². The molecule has 3 rings (SSSR count). The Morgan fingerprint density at radius 3 is 2.65 bits per heavy atom. The highest BCUT2D eigenvalue weighted by molar-refractivity contribution is 5.85. The lowest BCUT2D eigenvalue weighted by molar-refractivity contribution is 0.857. The van der Waals surface area contributed by atoms with E-state index in [1.54, 1.807) is 0 Å². The number of hydrogen-bond acceptors (Lipinski definition) is 2. The third-order valence-corrected chi connectivity index (χ3v) is 3.82. The number of fused-ring (bicyclic) bond motifs is 1. The summed E-state index contributed by atoms with van der Waals surface area (Å²) in [4.78, 5) is 4.24. The van der Waals surface area contributed by atoms with Gasteiger partial charge in [-0.1, -0.05) is 49.4 Å². The van der Waals surface area contributed by atoms with Gasteiger partial charge in [0.05, 0.1) is 6.04 Å². The van der Waals surface area contributed by atoms with Crippen LogP contribution in [0.3, 0.4) is 0 Å². The summed E-state index contributed by atoms with van der Waals surface area (Å²) in [6.07, 6.45) is 4.71. The summed E-state index contributed by atoms with van der Waals surface area (Å²) >= 11 is 0. The van der Waals surface area contributed by atoms with Crippen molar-refractivity contribution in [2.75, 3.05) is 0 Å². The van der Waals surface area contributed by atoms with E-state index >= 15 is 0 Å². The van der Waals surface area contributed by atoms with E-state index in [0.29, 0.717) is 0 Å². The molecule has 1 heterocycles. The minimum absolute atomic E-state index is 0.112. The van der Waals surface area contributed by atoms with Gasteiger partial charge in [0.1, 0.15) is 0 Å². The predicted molar refractivity (Wildman–Crippen MR) is 83.6 cm³/mol. The van der Waals surface area contributed by atoms with Gasteiger partial charge < -0.3 is 5.73 Å². The number of nitrogens with zero attached hydrogens (tertiary/aromatic N) is 1.